The number of nitrogens with zero attached hydrogens (tertiary/aromatic N) is 2. The first-order valence-electron chi connectivity index (χ1n) is 5.89. The zero-order valence-corrected chi connectivity index (χ0v) is 12.8. The molecule has 1 aromatic rings. The molecule has 0 aromatic carbocycles. The summed E-state index contributed by atoms with van der Waals surface area (Å²) in [5.74, 6) is 0.229. The van der Waals surface area contributed by atoms with Gasteiger partial charge in [-0.25, -0.2) is 4.98 Å². The molecule has 19 heavy (non-hydrogen) atoms. The normalized spacial score (nSPS) is 15.5. The first-order valence-corrected chi connectivity index (χ1v) is 5.89. The van der Waals surface area contributed by atoms with Gasteiger partial charge in [0, 0.05) is 20.3 Å². The molecular formula is C13H20Cl2N2O2. The van der Waals surface area contributed by atoms with Gasteiger partial charge < -0.3 is 10.0 Å². The summed E-state index contributed by atoms with van der Waals surface area (Å²) in [4.78, 5) is 17.5. The van der Waals surface area contributed by atoms with Crippen molar-refractivity contribution in [2.24, 2.45) is 5.41 Å². The summed E-state index contributed by atoms with van der Waals surface area (Å²) in [5, 5.41) is 9.26. The number of aromatic nitrogens is 1. The van der Waals surface area contributed by atoms with Crippen LogP contribution in [0.25, 0.3) is 0 Å². The van der Waals surface area contributed by atoms with E-state index in [0.29, 0.717) is 6.42 Å². The van der Waals surface area contributed by atoms with Gasteiger partial charge in [0.1, 0.15) is 5.82 Å². The summed E-state index contributed by atoms with van der Waals surface area (Å²) in [6, 6.07) is 3.91. The lowest BCUT2D eigenvalue weighted by Crippen LogP contribution is -2.39. The second-order valence-corrected chi connectivity index (χ2v) is 5.03. The fraction of sp³-hybridized carbons (Fsp3) is 0.538. The molecule has 1 fully saturated rings. The largest absolute Gasteiger partial charge is 0.481 e. The molecule has 6 heteroatoms. The predicted molar refractivity (Wildman–Crippen MR) is 80.7 cm³/mol. The van der Waals surface area contributed by atoms with Crippen LogP contribution in [0.5, 0.6) is 0 Å². The van der Waals surface area contributed by atoms with E-state index in [9.17, 15) is 9.90 Å². The van der Waals surface area contributed by atoms with Crippen molar-refractivity contribution in [1.82, 2.24) is 4.98 Å². The maximum atomic E-state index is 11.3. The van der Waals surface area contributed by atoms with E-state index < -0.39 is 11.4 Å². The van der Waals surface area contributed by atoms with Gasteiger partial charge in [-0.3, -0.25) is 4.79 Å². The molecule has 4 nitrogen and oxygen atoms in total. The van der Waals surface area contributed by atoms with Crippen LogP contribution in [0.4, 0.5) is 5.82 Å². The van der Waals surface area contributed by atoms with Gasteiger partial charge in [-0.1, -0.05) is 12.5 Å². The van der Waals surface area contributed by atoms with E-state index in [1.165, 1.54) is 0 Å². The third-order valence-corrected chi connectivity index (χ3v) is 3.57. The molecule has 0 amide bonds. The van der Waals surface area contributed by atoms with Crippen LogP contribution in [-0.2, 0) is 11.2 Å². The Kier molecular flexibility index (Phi) is 6.60. The number of hydrogen-bond acceptors (Lipinski definition) is 3. The third-order valence-electron chi connectivity index (χ3n) is 3.57. The smallest absolute Gasteiger partial charge is 0.309 e. The Morgan fingerprint density at radius 2 is 2.00 bits per heavy atom. The average Bonchev–Trinajstić information content (AvgIpc) is 2.23. The standard InChI is InChI=1S/C13H18N2O2.2ClH/c1-15(2)11-5-4-10(9-14-11)8-13(12(16)17)6-3-7-13;;/h4-5,9H,3,6-8H2,1-2H3,(H,16,17);2*1H. The lowest BCUT2D eigenvalue weighted by molar-refractivity contribution is -0.154. The van der Waals surface area contributed by atoms with Crippen molar-refractivity contribution < 1.29 is 9.90 Å². The number of halogens is 2. The Balaban J connectivity index is 0.00000162. The highest BCUT2D eigenvalue weighted by atomic mass is 35.5. The molecule has 1 saturated carbocycles. The number of rotatable bonds is 4. The monoisotopic (exact) mass is 306 g/mol. The second-order valence-electron chi connectivity index (χ2n) is 5.03. The highest BCUT2D eigenvalue weighted by Gasteiger charge is 2.44. The minimum Gasteiger partial charge on any atom is -0.481 e. The van der Waals surface area contributed by atoms with Crippen LogP contribution in [0.2, 0.25) is 0 Å². The van der Waals surface area contributed by atoms with E-state index in [1.807, 2.05) is 31.1 Å². The summed E-state index contributed by atoms with van der Waals surface area (Å²) in [7, 11) is 3.87. The van der Waals surface area contributed by atoms with E-state index in [0.717, 1.165) is 30.6 Å². The predicted octanol–water partition coefficient (Wildman–Crippen LogP) is 2.79. The van der Waals surface area contributed by atoms with E-state index in [-0.39, 0.29) is 24.8 Å². The van der Waals surface area contributed by atoms with Crippen LogP contribution in [0.3, 0.4) is 0 Å². The van der Waals surface area contributed by atoms with Crippen molar-refractivity contribution in [3.63, 3.8) is 0 Å². The lowest BCUT2D eigenvalue weighted by Gasteiger charge is -2.37. The van der Waals surface area contributed by atoms with Gasteiger partial charge in [-0.2, -0.15) is 0 Å². The quantitative estimate of drug-likeness (QED) is 0.929. The molecule has 0 spiro atoms. The summed E-state index contributed by atoms with van der Waals surface area (Å²) in [6.07, 6.45) is 4.99. The molecule has 0 unspecified atom stereocenters. The Morgan fingerprint density at radius 3 is 2.32 bits per heavy atom. The number of hydrogen-bond donors (Lipinski definition) is 1. The second kappa shape index (κ2) is 6.96. The Labute approximate surface area is 126 Å². The van der Waals surface area contributed by atoms with Gasteiger partial charge in [0.05, 0.1) is 5.41 Å². The van der Waals surface area contributed by atoms with Gasteiger partial charge in [0.2, 0.25) is 0 Å². The maximum Gasteiger partial charge on any atom is 0.309 e. The fourth-order valence-electron chi connectivity index (χ4n) is 2.25. The van der Waals surface area contributed by atoms with Crippen LogP contribution in [-0.4, -0.2) is 30.2 Å². The number of carboxylic acids is 1. The van der Waals surface area contributed by atoms with E-state index in [1.54, 1.807) is 6.20 Å². The van der Waals surface area contributed by atoms with E-state index in [2.05, 4.69) is 4.98 Å². The van der Waals surface area contributed by atoms with Crippen molar-refractivity contribution in [3.8, 4) is 0 Å². The Bertz CT molecular complexity index is 417. The van der Waals surface area contributed by atoms with Gasteiger partial charge in [-0.05, 0) is 30.9 Å². The zero-order valence-electron chi connectivity index (χ0n) is 11.1. The van der Waals surface area contributed by atoms with E-state index >= 15 is 0 Å². The van der Waals surface area contributed by atoms with Crippen molar-refractivity contribution in [3.05, 3.63) is 23.9 Å². The lowest BCUT2D eigenvalue weighted by atomic mass is 9.65. The number of anilines is 1. The van der Waals surface area contributed by atoms with Crippen molar-refractivity contribution in [1.29, 1.82) is 0 Å². The molecule has 0 aliphatic heterocycles. The minimum atomic E-state index is -0.666. The number of carbonyl (C=O) groups is 1. The van der Waals surface area contributed by atoms with Gasteiger partial charge >= 0.3 is 5.97 Å². The van der Waals surface area contributed by atoms with Crippen LogP contribution in [0, 0.1) is 5.41 Å². The summed E-state index contributed by atoms with van der Waals surface area (Å²) >= 11 is 0. The summed E-state index contributed by atoms with van der Waals surface area (Å²) in [6.45, 7) is 0. The highest BCUT2D eigenvalue weighted by Crippen LogP contribution is 2.43. The Morgan fingerprint density at radius 1 is 1.37 bits per heavy atom. The highest BCUT2D eigenvalue weighted by molar-refractivity contribution is 5.85. The van der Waals surface area contributed by atoms with Gasteiger partial charge in [0.25, 0.3) is 0 Å². The van der Waals surface area contributed by atoms with Gasteiger partial charge in [0.15, 0.2) is 0 Å². The molecule has 1 heterocycles. The third kappa shape index (κ3) is 3.74. The summed E-state index contributed by atoms with van der Waals surface area (Å²) < 4.78 is 0. The van der Waals surface area contributed by atoms with Crippen molar-refractivity contribution >= 4 is 36.6 Å². The van der Waals surface area contributed by atoms with Crippen molar-refractivity contribution in [2.75, 3.05) is 19.0 Å². The fourth-order valence-corrected chi connectivity index (χ4v) is 2.25. The first kappa shape index (κ1) is 18.0. The topological polar surface area (TPSA) is 53.4 Å². The van der Waals surface area contributed by atoms with Gasteiger partial charge in [-0.15, -0.1) is 24.8 Å². The van der Waals surface area contributed by atoms with Crippen LogP contribution in [0.1, 0.15) is 24.8 Å². The first-order chi connectivity index (χ1) is 8.03. The molecule has 1 aliphatic carbocycles. The molecule has 0 atom stereocenters. The summed E-state index contributed by atoms with van der Waals surface area (Å²) in [5.41, 5.74) is 0.485. The Hall–Kier alpha value is -1.000. The molecule has 1 aliphatic rings. The maximum absolute atomic E-state index is 11.3. The van der Waals surface area contributed by atoms with Crippen LogP contribution in [0.15, 0.2) is 18.3 Å². The molecular weight excluding hydrogens is 287 g/mol. The molecule has 1 aromatic heterocycles. The SMILES string of the molecule is CN(C)c1ccc(CC2(C(=O)O)CCC2)cn1.Cl.Cl. The number of aliphatic carboxylic acids is 1. The average molecular weight is 307 g/mol. The molecule has 0 saturated heterocycles. The number of pyridine rings is 1. The molecule has 0 bridgehead atoms. The minimum absolute atomic E-state index is 0. The van der Waals surface area contributed by atoms with Crippen LogP contribution < -0.4 is 4.90 Å². The van der Waals surface area contributed by atoms with Crippen LogP contribution >= 0.6 is 24.8 Å². The van der Waals surface area contributed by atoms with Crippen molar-refractivity contribution in [2.45, 2.75) is 25.7 Å². The molecule has 1 N–H and O–H groups in total. The number of carboxylic acid groups (broad SMARTS) is 1. The molecule has 2 rings (SSSR count). The zero-order chi connectivity index (χ0) is 12.5. The van der Waals surface area contributed by atoms with E-state index in [4.69, 9.17) is 0 Å². The molecule has 108 valence electrons. The molecule has 0 radical (unpaired) electrons.